The zero-order valence-corrected chi connectivity index (χ0v) is 18.8. The van der Waals surface area contributed by atoms with Crippen LogP contribution in [0.1, 0.15) is 22.3 Å². The molecule has 0 aliphatic carbocycles. The predicted octanol–water partition coefficient (Wildman–Crippen LogP) is 6.16. The standard InChI is InChI=1S/C29H24N2O2/c1-18-14-16-22(17-15-18)26-27(30-24-12-6-8-19(2)20(24)3)29(33)31(28(26)32)25-13-7-10-21-9-4-5-11-23(21)25/h4-17,30H,1-3H3. The second-order valence-electron chi connectivity index (χ2n) is 8.43. The van der Waals surface area contributed by atoms with Crippen LogP contribution in [0, 0.1) is 20.8 Å². The molecule has 0 spiro atoms. The quantitative estimate of drug-likeness (QED) is 0.393. The average molecular weight is 433 g/mol. The summed E-state index contributed by atoms with van der Waals surface area (Å²) in [6.45, 7) is 6.03. The minimum Gasteiger partial charge on any atom is -0.350 e. The van der Waals surface area contributed by atoms with Crippen LogP contribution in [0.4, 0.5) is 11.4 Å². The number of rotatable bonds is 4. The van der Waals surface area contributed by atoms with Gasteiger partial charge in [-0.1, -0.05) is 78.4 Å². The first-order valence-corrected chi connectivity index (χ1v) is 11.0. The molecular weight excluding hydrogens is 408 g/mol. The average Bonchev–Trinajstić information content (AvgIpc) is 3.06. The molecule has 4 nitrogen and oxygen atoms in total. The Kier molecular flexibility index (Phi) is 5.06. The van der Waals surface area contributed by atoms with Crippen molar-refractivity contribution >= 4 is 39.5 Å². The molecular formula is C29H24N2O2. The van der Waals surface area contributed by atoms with Crippen LogP contribution in [-0.2, 0) is 9.59 Å². The third-order valence-electron chi connectivity index (χ3n) is 6.30. The molecule has 4 heteroatoms. The number of hydrogen-bond acceptors (Lipinski definition) is 3. The second-order valence-corrected chi connectivity index (χ2v) is 8.43. The first kappa shape index (κ1) is 20.7. The summed E-state index contributed by atoms with van der Waals surface area (Å²) in [4.78, 5) is 28.9. The fraction of sp³-hybridized carbons (Fsp3) is 0.103. The van der Waals surface area contributed by atoms with E-state index in [2.05, 4.69) is 5.32 Å². The number of carbonyl (C=O) groups excluding carboxylic acids is 2. The van der Waals surface area contributed by atoms with Crippen molar-refractivity contribution in [1.82, 2.24) is 0 Å². The van der Waals surface area contributed by atoms with Gasteiger partial charge in [0.1, 0.15) is 5.70 Å². The first-order valence-electron chi connectivity index (χ1n) is 11.0. The summed E-state index contributed by atoms with van der Waals surface area (Å²) >= 11 is 0. The summed E-state index contributed by atoms with van der Waals surface area (Å²) in [6.07, 6.45) is 0. The SMILES string of the molecule is Cc1ccc(C2=C(Nc3cccc(C)c3C)C(=O)N(c3cccc4ccccc34)C2=O)cc1. The molecule has 0 bridgehead atoms. The maximum absolute atomic E-state index is 13.8. The number of imide groups is 1. The van der Waals surface area contributed by atoms with E-state index in [4.69, 9.17) is 0 Å². The van der Waals surface area contributed by atoms with Crippen LogP contribution in [-0.4, -0.2) is 11.8 Å². The lowest BCUT2D eigenvalue weighted by Gasteiger charge is -2.18. The van der Waals surface area contributed by atoms with Crippen molar-refractivity contribution in [2.75, 3.05) is 10.2 Å². The Hall–Kier alpha value is -4.18. The van der Waals surface area contributed by atoms with Crippen molar-refractivity contribution in [2.45, 2.75) is 20.8 Å². The molecule has 162 valence electrons. The lowest BCUT2D eigenvalue weighted by molar-refractivity contribution is -0.120. The van der Waals surface area contributed by atoms with Crippen LogP contribution in [0.3, 0.4) is 0 Å². The summed E-state index contributed by atoms with van der Waals surface area (Å²) in [5.41, 5.74) is 6.04. The maximum atomic E-state index is 13.8. The minimum absolute atomic E-state index is 0.297. The Balaban J connectivity index is 1.68. The number of nitrogens with one attached hydrogen (secondary N) is 1. The number of benzene rings is 4. The highest BCUT2D eigenvalue weighted by Crippen LogP contribution is 2.37. The van der Waals surface area contributed by atoms with Gasteiger partial charge in [0.05, 0.1) is 11.3 Å². The highest BCUT2D eigenvalue weighted by atomic mass is 16.2. The zero-order valence-electron chi connectivity index (χ0n) is 18.8. The van der Waals surface area contributed by atoms with Crippen LogP contribution < -0.4 is 10.2 Å². The molecule has 0 radical (unpaired) electrons. The van der Waals surface area contributed by atoms with Gasteiger partial charge < -0.3 is 5.32 Å². The number of amides is 2. The molecule has 5 rings (SSSR count). The topological polar surface area (TPSA) is 49.4 Å². The molecule has 0 atom stereocenters. The van der Waals surface area contributed by atoms with Gasteiger partial charge in [-0.2, -0.15) is 0 Å². The van der Waals surface area contributed by atoms with E-state index in [1.807, 2.05) is 106 Å². The smallest absolute Gasteiger partial charge is 0.282 e. The molecule has 4 aromatic carbocycles. The second kappa shape index (κ2) is 8.06. The summed E-state index contributed by atoms with van der Waals surface area (Å²) in [6, 6.07) is 27.1. The molecule has 1 aliphatic rings. The summed E-state index contributed by atoms with van der Waals surface area (Å²) < 4.78 is 0. The lowest BCUT2D eigenvalue weighted by atomic mass is 10.0. The van der Waals surface area contributed by atoms with Crippen LogP contribution in [0.5, 0.6) is 0 Å². The molecule has 1 aliphatic heterocycles. The molecule has 0 saturated heterocycles. The molecule has 0 fully saturated rings. The van der Waals surface area contributed by atoms with E-state index in [-0.39, 0.29) is 11.8 Å². The highest BCUT2D eigenvalue weighted by molar-refractivity contribution is 6.47. The molecule has 33 heavy (non-hydrogen) atoms. The number of anilines is 2. The number of hydrogen-bond donors (Lipinski definition) is 1. The van der Waals surface area contributed by atoms with E-state index in [1.54, 1.807) is 0 Å². The van der Waals surface area contributed by atoms with Gasteiger partial charge in [0.25, 0.3) is 11.8 Å². The molecule has 4 aromatic rings. The van der Waals surface area contributed by atoms with Crippen molar-refractivity contribution in [3.8, 4) is 0 Å². The van der Waals surface area contributed by atoms with E-state index in [9.17, 15) is 9.59 Å². The van der Waals surface area contributed by atoms with Gasteiger partial charge in [-0.15, -0.1) is 0 Å². The third-order valence-corrected chi connectivity index (χ3v) is 6.30. The molecule has 1 heterocycles. The fourth-order valence-electron chi connectivity index (χ4n) is 4.28. The highest BCUT2D eigenvalue weighted by Gasteiger charge is 2.41. The van der Waals surface area contributed by atoms with E-state index < -0.39 is 0 Å². The molecule has 1 N–H and O–H groups in total. The van der Waals surface area contributed by atoms with Crippen molar-refractivity contribution in [3.05, 3.63) is 113 Å². The number of nitrogens with zero attached hydrogens (tertiary/aromatic N) is 1. The minimum atomic E-state index is -0.354. The van der Waals surface area contributed by atoms with Crippen molar-refractivity contribution in [3.63, 3.8) is 0 Å². The largest absolute Gasteiger partial charge is 0.350 e. The van der Waals surface area contributed by atoms with Crippen LogP contribution >= 0.6 is 0 Å². The third kappa shape index (κ3) is 3.50. The van der Waals surface area contributed by atoms with E-state index in [0.717, 1.165) is 38.7 Å². The van der Waals surface area contributed by atoms with Crippen LogP contribution in [0.15, 0.2) is 90.6 Å². The Morgan fingerprint density at radius 1 is 0.697 bits per heavy atom. The van der Waals surface area contributed by atoms with Crippen LogP contribution in [0.25, 0.3) is 16.3 Å². The van der Waals surface area contributed by atoms with Gasteiger partial charge in [-0.05, 0) is 55.0 Å². The van der Waals surface area contributed by atoms with Crippen molar-refractivity contribution in [2.24, 2.45) is 0 Å². The summed E-state index contributed by atoms with van der Waals surface area (Å²) in [5.74, 6) is -0.680. The predicted molar refractivity (Wildman–Crippen MR) is 134 cm³/mol. The fourth-order valence-corrected chi connectivity index (χ4v) is 4.28. The molecule has 2 amide bonds. The monoisotopic (exact) mass is 432 g/mol. The molecule has 0 saturated carbocycles. The van der Waals surface area contributed by atoms with Gasteiger partial charge >= 0.3 is 0 Å². The number of carbonyl (C=O) groups is 2. The van der Waals surface area contributed by atoms with Gasteiger partial charge in [0.15, 0.2) is 0 Å². The van der Waals surface area contributed by atoms with Crippen molar-refractivity contribution < 1.29 is 9.59 Å². The Labute approximate surface area is 193 Å². The van der Waals surface area contributed by atoms with Gasteiger partial charge in [0.2, 0.25) is 0 Å². The van der Waals surface area contributed by atoms with E-state index in [0.29, 0.717) is 17.0 Å². The molecule has 0 aromatic heterocycles. The lowest BCUT2D eigenvalue weighted by Crippen LogP contribution is -2.32. The Morgan fingerprint density at radius 2 is 1.39 bits per heavy atom. The Morgan fingerprint density at radius 3 is 2.18 bits per heavy atom. The maximum Gasteiger partial charge on any atom is 0.282 e. The van der Waals surface area contributed by atoms with Gasteiger partial charge in [-0.25, -0.2) is 4.90 Å². The molecule has 0 unspecified atom stereocenters. The van der Waals surface area contributed by atoms with Crippen molar-refractivity contribution in [1.29, 1.82) is 0 Å². The van der Waals surface area contributed by atoms with E-state index >= 15 is 0 Å². The number of aryl methyl sites for hydroxylation is 2. The number of fused-ring (bicyclic) bond motifs is 1. The summed E-state index contributed by atoms with van der Waals surface area (Å²) in [5, 5.41) is 5.14. The van der Waals surface area contributed by atoms with Crippen LogP contribution in [0.2, 0.25) is 0 Å². The Bertz CT molecular complexity index is 1440. The zero-order chi connectivity index (χ0) is 23.1. The van der Waals surface area contributed by atoms with E-state index in [1.165, 1.54) is 4.90 Å². The first-order chi connectivity index (χ1) is 16.0. The summed E-state index contributed by atoms with van der Waals surface area (Å²) in [7, 11) is 0. The van der Waals surface area contributed by atoms with Gasteiger partial charge in [0, 0.05) is 11.1 Å². The normalized spacial score (nSPS) is 13.8. The van der Waals surface area contributed by atoms with Gasteiger partial charge in [-0.3, -0.25) is 9.59 Å².